The third-order valence-corrected chi connectivity index (χ3v) is 4.56. The minimum absolute atomic E-state index is 0.264. The fourth-order valence-corrected chi connectivity index (χ4v) is 2.34. The van der Waals surface area contributed by atoms with Crippen LogP contribution in [0.15, 0.2) is 0 Å². The van der Waals surface area contributed by atoms with Crippen molar-refractivity contribution in [2.75, 3.05) is 25.1 Å². The van der Waals surface area contributed by atoms with Gasteiger partial charge < -0.3 is 5.32 Å². The first-order valence-electron chi connectivity index (χ1n) is 5.28. The summed E-state index contributed by atoms with van der Waals surface area (Å²) in [6.45, 7) is 6.93. The van der Waals surface area contributed by atoms with Crippen molar-refractivity contribution in [3.63, 3.8) is 0 Å². The molecule has 3 nitrogen and oxygen atoms in total. The SMILES string of the molecule is CCS(=O)(=O)CCC(C)C(C)CNC. The van der Waals surface area contributed by atoms with Crippen molar-refractivity contribution >= 4 is 9.84 Å². The zero-order valence-corrected chi connectivity index (χ0v) is 10.5. The summed E-state index contributed by atoms with van der Waals surface area (Å²) in [6, 6.07) is 0. The lowest BCUT2D eigenvalue weighted by Gasteiger charge is -2.19. The Balaban J connectivity index is 3.90. The summed E-state index contributed by atoms with van der Waals surface area (Å²) in [5.74, 6) is 1.59. The molecule has 0 fully saturated rings. The van der Waals surface area contributed by atoms with Crippen LogP contribution in [0.5, 0.6) is 0 Å². The van der Waals surface area contributed by atoms with E-state index in [1.165, 1.54) is 0 Å². The lowest BCUT2D eigenvalue weighted by atomic mass is 9.94. The normalized spacial score (nSPS) is 16.6. The van der Waals surface area contributed by atoms with Gasteiger partial charge in [-0.1, -0.05) is 20.8 Å². The molecule has 14 heavy (non-hydrogen) atoms. The number of nitrogens with one attached hydrogen (secondary N) is 1. The van der Waals surface area contributed by atoms with Crippen LogP contribution in [0.3, 0.4) is 0 Å². The van der Waals surface area contributed by atoms with Gasteiger partial charge in [-0.05, 0) is 31.8 Å². The molecule has 4 heteroatoms. The average molecular weight is 221 g/mol. The Morgan fingerprint density at radius 1 is 1.21 bits per heavy atom. The van der Waals surface area contributed by atoms with Crippen LogP contribution in [0.4, 0.5) is 0 Å². The van der Waals surface area contributed by atoms with Crippen LogP contribution in [0.1, 0.15) is 27.2 Å². The van der Waals surface area contributed by atoms with Gasteiger partial charge in [0, 0.05) is 5.75 Å². The predicted octanol–water partition coefficient (Wildman–Crippen LogP) is 1.30. The fourth-order valence-electron chi connectivity index (χ4n) is 1.32. The van der Waals surface area contributed by atoms with Crippen molar-refractivity contribution in [2.45, 2.75) is 27.2 Å². The topological polar surface area (TPSA) is 46.2 Å². The van der Waals surface area contributed by atoms with Gasteiger partial charge in [0.2, 0.25) is 0 Å². The Bertz CT molecular complexity index is 237. The van der Waals surface area contributed by atoms with E-state index in [1.807, 2.05) is 7.05 Å². The van der Waals surface area contributed by atoms with Gasteiger partial charge in [-0.2, -0.15) is 0 Å². The van der Waals surface area contributed by atoms with Gasteiger partial charge in [0.1, 0.15) is 9.84 Å². The molecule has 2 unspecified atom stereocenters. The maximum absolute atomic E-state index is 11.3. The second-order valence-electron chi connectivity index (χ2n) is 4.04. The fraction of sp³-hybridized carbons (Fsp3) is 1.00. The van der Waals surface area contributed by atoms with Gasteiger partial charge in [-0.25, -0.2) is 8.42 Å². The number of hydrogen-bond donors (Lipinski definition) is 1. The van der Waals surface area contributed by atoms with Crippen molar-refractivity contribution in [3.8, 4) is 0 Å². The van der Waals surface area contributed by atoms with Crippen LogP contribution in [-0.2, 0) is 9.84 Å². The van der Waals surface area contributed by atoms with Crippen LogP contribution in [0, 0.1) is 11.8 Å². The van der Waals surface area contributed by atoms with E-state index in [9.17, 15) is 8.42 Å². The van der Waals surface area contributed by atoms with E-state index in [0.717, 1.165) is 13.0 Å². The van der Waals surface area contributed by atoms with E-state index < -0.39 is 9.84 Å². The monoisotopic (exact) mass is 221 g/mol. The molecule has 1 N–H and O–H groups in total. The quantitative estimate of drug-likeness (QED) is 0.705. The molecule has 0 saturated carbocycles. The molecule has 0 spiro atoms. The zero-order valence-electron chi connectivity index (χ0n) is 9.71. The summed E-state index contributed by atoms with van der Waals surface area (Å²) in [5, 5.41) is 3.11. The highest BCUT2D eigenvalue weighted by Crippen LogP contribution is 2.15. The molecule has 0 aromatic heterocycles. The lowest BCUT2D eigenvalue weighted by molar-refractivity contribution is 0.367. The molecule has 0 rings (SSSR count). The Hall–Kier alpha value is -0.0900. The van der Waals surface area contributed by atoms with Crippen LogP contribution in [0.25, 0.3) is 0 Å². The van der Waals surface area contributed by atoms with Gasteiger partial charge >= 0.3 is 0 Å². The van der Waals surface area contributed by atoms with Crippen LogP contribution in [-0.4, -0.2) is 33.5 Å². The van der Waals surface area contributed by atoms with Gasteiger partial charge in [0.15, 0.2) is 0 Å². The largest absolute Gasteiger partial charge is 0.319 e. The van der Waals surface area contributed by atoms with Crippen molar-refractivity contribution in [1.82, 2.24) is 5.32 Å². The second-order valence-corrected chi connectivity index (χ2v) is 6.51. The number of rotatable bonds is 7. The molecule has 0 bridgehead atoms. The molecule has 0 heterocycles. The second kappa shape index (κ2) is 6.40. The Labute approximate surface area is 88.2 Å². The van der Waals surface area contributed by atoms with Crippen molar-refractivity contribution < 1.29 is 8.42 Å². The molecule has 0 aromatic carbocycles. The standard InChI is InChI=1S/C10H23NO2S/c1-5-14(12,13)7-6-9(2)10(3)8-11-4/h9-11H,5-8H2,1-4H3. The summed E-state index contributed by atoms with van der Waals surface area (Å²) in [4.78, 5) is 0. The Kier molecular flexibility index (Phi) is 6.36. The van der Waals surface area contributed by atoms with Crippen LogP contribution >= 0.6 is 0 Å². The van der Waals surface area contributed by atoms with Gasteiger partial charge in [-0.15, -0.1) is 0 Å². The van der Waals surface area contributed by atoms with Crippen molar-refractivity contribution in [3.05, 3.63) is 0 Å². The summed E-state index contributed by atoms with van der Waals surface area (Å²) in [5.41, 5.74) is 0. The molecule has 0 aromatic rings. The smallest absolute Gasteiger partial charge is 0.150 e. The molecule has 86 valence electrons. The number of hydrogen-bond acceptors (Lipinski definition) is 3. The van der Waals surface area contributed by atoms with E-state index in [4.69, 9.17) is 0 Å². The minimum atomic E-state index is -2.78. The number of sulfone groups is 1. The Morgan fingerprint density at radius 3 is 2.21 bits per heavy atom. The molecule has 0 aliphatic carbocycles. The van der Waals surface area contributed by atoms with E-state index in [-0.39, 0.29) is 5.75 Å². The van der Waals surface area contributed by atoms with E-state index in [1.54, 1.807) is 6.92 Å². The highest BCUT2D eigenvalue weighted by Gasteiger charge is 2.15. The van der Waals surface area contributed by atoms with Crippen LogP contribution in [0.2, 0.25) is 0 Å². The lowest BCUT2D eigenvalue weighted by Crippen LogP contribution is -2.23. The average Bonchev–Trinajstić information content (AvgIpc) is 2.15. The molecule has 0 amide bonds. The first-order chi connectivity index (χ1) is 6.43. The maximum atomic E-state index is 11.3. The highest BCUT2D eigenvalue weighted by molar-refractivity contribution is 7.91. The highest BCUT2D eigenvalue weighted by atomic mass is 32.2. The maximum Gasteiger partial charge on any atom is 0.150 e. The Morgan fingerprint density at radius 2 is 1.79 bits per heavy atom. The zero-order chi connectivity index (χ0) is 11.2. The molecule has 0 saturated heterocycles. The van der Waals surface area contributed by atoms with E-state index in [0.29, 0.717) is 17.6 Å². The van der Waals surface area contributed by atoms with E-state index in [2.05, 4.69) is 19.2 Å². The van der Waals surface area contributed by atoms with Crippen molar-refractivity contribution in [1.29, 1.82) is 0 Å². The minimum Gasteiger partial charge on any atom is -0.319 e. The van der Waals surface area contributed by atoms with Gasteiger partial charge in [0.25, 0.3) is 0 Å². The third-order valence-electron chi connectivity index (χ3n) is 2.82. The first-order valence-corrected chi connectivity index (χ1v) is 7.10. The first kappa shape index (κ1) is 13.9. The molecule has 0 radical (unpaired) electrons. The third kappa shape index (κ3) is 5.60. The summed E-state index contributed by atoms with van der Waals surface area (Å²) in [6.07, 6.45) is 0.777. The predicted molar refractivity (Wildman–Crippen MR) is 61.2 cm³/mol. The van der Waals surface area contributed by atoms with Crippen LogP contribution < -0.4 is 5.32 Å². The summed E-state index contributed by atoms with van der Waals surface area (Å²) in [7, 11) is -0.861. The summed E-state index contributed by atoms with van der Waals surface area (Å²) >= 11 is 0. The summed E-state index contributed by atoms with van der Waals surface area (Å²) < 4.78 is 22.5. The molecular formula is C10H23NO2S. The van der Waals surface area contributed by atoms with Gasteiger partial charge in [0.05, 0.1) is 5.75 Å². The van der Waals surface area contributed by atoms with Crippen molar-refractivity contribution in [2.24, 2.45) is 11.8 Å². The molecule has 2 atom stereocenters. The molecule has 0 aliphatic rings. The molecular weight excluding hydrogens is 198 g/mol. The van der Waals surface area contributed by atoms with Gasteiger partial charge in [-0.3, -0.25) is 0 Å². The molecule has 0 aliphatic heterocycles. The van der Waals surface area contributed by atoms with E-state index >= 15 is 0 Å².